The summed E-state index contributed by atoms with van der Waals surface area (Å²) in [4.78, 5) is 5.46. The number of aryl methyl sites for hydroxylation is 1. The molecule has 0 fully saturated rings. The molecule has 0 bridgehead atoms. The van der Waals surface area contributed by atoms with Gasteiger partial charge in [0.2, 0.25) is 0 Å². The molecule has 0 aliphatic heterocycles. The van der Waals surface area contributed by atoms with Gasteiger partial charge in [-0.15, -0.1) is 11.3 Å². The molecular formula is C23H17NS. The van der Waals surface area contributed by atoms with Crippen molar-refractivity contribution in [1.29, 1.82) is 0 Å². The van der Waals surface area contributed by atoms with Crippen molar-refractivity contribution in [2.45, 2.75) is 13.3 Å². The molecule has 2 aromatic heterocycles. The molecule has 0 unspecified atom stereocenters. The highest BCUT2D eigenvalue weighted by Crippen LogP contribution is 2.39. The SMILES string of the molecule is CCc1sc2ccc(C#Cc3ccncc3)cc2c1-c1ccccc1. The molecule has 0 N–H and O–H groups in total. The Bertz CT molecular complexity index is 1070. The molecule has 0 aliphatic rings. The first-order chi connectivity index (χ1) is 12.3. The highest BCUT2D eigenvalue weighted by molar-refractivity contribution is 7.19. The van der Waals surface area contributed by atoms with Crippen molar-refractivity contribution in [1.82, 2.24) is 4.98 Å². The van der Waals surface area contributed by atoms with E-state index in [0.29, 0.717) is 0 Å². The van der Waals surface area contributed by atoms with Crippen LogP contribution in [0.25, 0.3) is 21.2 Å². The Morgan fingerprint density at radius 1 is 0.880 bits per heavy atom. The van der Waals surface area contributed by atoms with Gasteiger partial charge >= 0.3 is 0 Å². The highest BCUT2D eigenvalue weighted by atomic mass is 32.1. The van der Waals surface area contributed by atoms with Gasteiger partial charge in [-0.1, -0.05) is 49.1 Å². The normalized spacial score (nSPS) is 10.4. The van der Waals surface area contributed by atoms with Crippen LogP contribution < -0.4 is 0 Å². The maximum absolute atomic E-state index is 4.03. The summed E-state index contributed by atoms with van der Waals surface area (Å²) in [6.07, 6.45) is 4.59. The van der Waals surface area contributed by atoms with Gasteiger partial charge in [-0.05, 0) is 42.3 Å². The Morgan fingerprint density at radius 3 is 2.40 bits per heavy atom. The van der Waals surface area contributed by atoms with Crippen LogP contribution in [0.2, 0.25) is 0 Å². The molecule has 4 aromatic rings. The first-order valence-electron chi connectivity index (χ1n) is 8.38. The summed E-state index contributed by atoms with van der Waals surface area (Å²) in [6.45, 7) is 2.22. The minimum absolute atomic E-state index is 0.984. The van der Waals surface area contributed by atoms with Crippen LogP contribution in [0.5, 0.6) is 0 Å². The summed E-state index contributed by atoms with van der Waals surface area (Å²) in [7, 11) is 0. The summed E-state index contributed by atoms with van der Waals surface area (Å²) < 4.78 is 1.32. The van der Waals surface area contributed by atoms with Crippen LogP contribution in [0.1, 0.15) is 22.9 Å². The lowest BCUT2D eigenvalue weighted by Gasteiger charge is -2.03. The van der Waals surface area contributed by atoms with Crippen molar-refractivity contribution in [3.63, 3.8) is 0 Å². The number of rotatable bonds is 2. The first-order valence-corrected chi connectivity index (χ1v) is 9.19. The number of nitrogens with zero attached hydrogens (tertiary/aromatic N) is 1. The van der Waals surface area contributed by atoms with Gasteiger partial charge in [0.05, 0.1) is 0 Å². The predicted octanol–water partition coefficient (Wildman–Crippen LogP) is 5.93. The molecule has 4 rings (SSSR count). The third-order valence-electron chi connectivity index (χ3n) is 4.18. The number of fused-ring (bicyclic) bond motifs is 1. The summed E-state index contributed by atoms with van der Waals surface area (Å²) in [5.41, 5.74) is 4.67. The van der Waals surface area contributed by atoms with Gasteiger partial charge in [-0.2, -0.15) is 0 Å². The monoisotopic (exact) mass is 339 g/mol. The Balaban J connectivity index is 1.84. The number of aromatic nitrogens is 1. The van der Waals surface area contributed by atoms with Crippen LogP contribution in [-0.2, 0) is 6.42 Å². The van der Waals surface area contributed by atoms with Crippen LogP contribution in [0, 0.1) is 11.8 Å². The molecule has 0 radical (unpaired) electrons. The van der Waals surface area contributed by atoms with Gasteiger partial charge in [0, 0.05) is 44.0 Å². The lowest BCUT2D eigenvalue weighted by atomic mass is 10.00. The van der Waals surface area contributed by atoms with Crippen molar-refractivity contribution in [3.05, 3.63) is 89.1 Å². The Labute approximate surface area is 152 Å². The zero-order chi connectivity index (χ0) is 17.1. The minimum Gasteiger partial charge on any atom is -0.265 e. The molecule has 0 atom stereocenters. The van der Waals surface area contributed by atoms with E-state index in [4.69, 9.17) is 0 Å². The largest absolute Gasteiger partial charge is 0.265 e. The highest BCUT2D eigenvalue weighted by Gasteiger charge is 2.12. The fourth-order valence-corrected chi connectivity index (χ4v) is 4.12. The second kappa shape index (κ2) is 6.93. The van der Waals surface area contributed by atoms with E-state index in [1.165, 1.54) is 26.1 Å². The van der Waals surface area contributed by atoms with Crippen molar-refractivity contribution >= 4 is 21.4 Å². The van der Waals surface area contributed by atoms with E-state index in [1.807, 2.05) is 23.5 Å². The van der Waals surface area contributed by atoms with Crippen LogP contribution in [0.3, 0.4) is 0 Å². The lowest BCUT2D eigenvalue weighted by molar-refractivity contribution is 1.19. The van der Waals surface area contributed by atoms with Gasteiger partial charge < -0.3 is 0 Å². The number of thiophene rings is 1. The maximum atomic E-state index is 4.03. The molecular weight excluding hydrogens is 322 g/mol. The molecule has 2 heterocycles. The van der Waals surface area contributed by atoms with Gasteiger partial charge in [0.1, 0.15) is 0 Å². The molecule has 25 heavy (non-hydrogen) atoms. The van der Waals surface area contributed by atoms with E-state index >= 15 is 0 Å². The first kappa shape index (κ1) is 15.6. The number of hydrogen-bond acceptors (Lipinski definition) is 2. The van der Waals surface area contributed by atoms with Gasteiger partial charge in [-0.3, -0.25) is 4.98 Å². The van der Waals surface area contributed by atoms with E-state index in [-0.39, 0.29) is 0 Å². The molecule has 2 heteroatoms. The van der Waals surface area contributed by atoms with Gasteiger partial charge in [0.25, 0.3) is 0 Å². The summed E-state index contributed by atoms with van der Waals surface area (Å²) in [5.74, 6) is 6.50. The summed E-state index contributed by atoms with van der Waals surface area (Å²) in [6, 6.07) is 21.0. The average molecular weight is 339 g/mol. The average Bonchev–Trinajstić information content (AvgIpc) is 3.05. The van der Waals surface area contributed by atoms with Crippen molar-refractivity contribution in [2.75, 3.05) is 0 Å². The summed E-state index contributed by atoms with van der Waals surface area (Å²) in [5, 5.41) is 1.30. The Hall–Kier alpha value is -2.89. The summed E-state index contributed by atoms with van der Waals surface area (Å²) >= 11 is 1.89. The molecule has 120 valence electrons. The standard InChI is InChI=1S/C23H17NS/c1-2-21-23(19-6-4-3-5-7-19)20-16-18(10-11-22(20)25-21)9-8-17-12-14-24-15-13-17/h3-7,10-16H,2H2,1H3. The van der Waals surface area contributed by atoms with E-state index < -0.39 is 0 Å². The molecule has 0 saturated heterocycles. The fraction of sp³-hybridized carbons (Fsp3) is 0.0870. The maximum Gasteiger partial charge on any atom is 0.0353 e. The Kier molecular flexibility index (Phi) is 4.33. The second-order valence-corrected chi connectivity index (χ2v) is 6.95. The van der Waals surface area contributed by atoms with Crippen molar-refractivity contribution in [2.24, 2.45) is 0 Å². The van der Waals surface area contributed by atoms with Crippen LogP contribution in [-0.4, -0.2) is 4.98 Å². The molecule has 0 aliphatic carbocycles. The molecule has 0 spiro atoms. The smallest absolute Gasteiger partial charge is 0.0353 e. The zero-order valence-corrected chi connectivity index (χ0v) is 14.8. The minimum atomic E-state index is 0.984. The Morgan fingerprint density at radius 2 is 1.64 bits per heavy atom. The number of pyridine rings is 1. The van der Waals surface area contributed by atoms with E-state index in [0.717, 1.165) is 17.5 Å². The fourth-order valence-electron chi connectivity index (χ4n) is 2.98. The van der Waals surface area contributed by atoms with Gasteiger partial charge in [0.15, 0.2) is 0 Å². The van der Waals surface area contributed by atoms with Crippen molar-refractivity contribution in [3.8, 4) is 23.0 Å². The molecule has 0 amide bonds. The zero-order valence-electron chi connectivity index (χ0n) is 14.0. The second-order valence-electron chi connectivity index (χ2n) is 5.82. The topological polar surface area (TPSA) is 12.9 Å². The van der Waals surface area contributed by atoms with E-state index in [9.17, 15) is 0 Å². The van der Waals surface area contributed by atoms with Crippen LogP contribution in [0.15, 0.2) is 73.1 Å². The third kappa shape index (κ3) is 3.20. The third-order valence-corrected chi connectivity index (χ3v) is 5.49. The van der Waals surface area contributed by atoms with E-state index in [2.05, 4.69) is 72.3 Å². The molecule has 1 nitrogen and oxygen atoms in total. The van der Waals surface area contributed by atoms with Crippen LogP contribution in [0.4, 0.5) is 0 Å². The number of hydrogen-bond donors (Lipinski definition) is 0. The predicted molar refractivity (Wildman–Crippen MR) is 107 cm³/mol. The van der Waals surface area contributed by atoms with E-state index in [1.54, 1.807) is 12.4 Å². The molecule has 0 saturated carbocycles. The van der Waals surface area contributed by atoms with Gasteiger partial charge in [-0.25, -0.2) is 0 Å². The van der Waals surface area contributed by atoms with Crippen LogP contribution >= 0.6 is 11.3 Å². The quantitative estimate of drug-likeness (QED) is 0.413. The number of benzene rings is 2. The van der Waals surface area contributed by atoms with Crippen molar-refractivity contribution < 1.29 is 0 Å². The molecule has 2 aromatic carbocycles. The lowest BCUT2D eigenvalue weighted by Crippen LogP contribution is -1.82.